The van der Waals surface area contributed by atoms with E-state index in [4.69, 9.17) is 9.72 Å². The highest BCUT2D eigenvalue weighted by molar-refractivity contribution is 6.04. The third-order valence-corrected chi connectivity index (χ3v) is 7.76. The Bertz CT molecular complexity index is 1700. The van der Waals surface area contributed by atoms with E-state index in [2.05, 4.69) is 20.5 Å². The van der Waals surface area contributed by atoms with Crippen molar-refractivity contribution in [1.29, 1.82) is 0 Å². The third-order valence-electron chi connectivity index (χ3n) is 7.76. The van der Waals surface area contributed by atoms with Crippen LogP contribution in [-0.2, 0) is 11.3 Å². The number of para-hydroxylation sites is 1. The Morgan fingerprint density at radius 1 is 1.04 bits per heavy atom. The lowest BCUT2D eigenvalue weighted by atomic mass is 9.95. The van der Waals surface area contributed by atoms with E-state index in [0.717, 1.165) is 24.7 Å². The lowest BCUT2D eigenvalue weighted by molar-refractivity contribution is -0.189. The molecule has 0 bridgehead atoms. The molecule has 3 heterocycles. The van der Waals surface area contributed by atoms with E-state index in [1.54, 1.807) is 18.7 Å². The number of urea groups is 1. The second-order valence-corrected chi connectivity index (χ2v) is 11.3. The van der Waals surface area contributed by atoms with Gasteiger partial charge in [-0.15, -0.1) is 0 Å². The molecule has 3 amide bonds. The number of carbonyl (C=O) groups is 3. The minimum atomic E-state index is -5.42. The molecule has 2 aliphatic heterocycles. The van der Waals surface area contributed by atoms with E-state index in [9.17, 15) is 27.6 Å². The number of fused-ring (bicyclic) bond motifs is 1. The number of esters is 1. The van der Waals surface area contributed by atoms with Gasteiger partial charge < -0.3 is 25.2 Å². The zero-order valence-electron chi connectivity index (χ0n) is 26.0. The van der Waals surface area contributed by atoms with Crippen molar-refractivity contribution in [2.75, 3.05) is 42.5 Å². The van der Waals surface area contributed by atoms with E-state index in [-0.39, 0.29) is 46.3 Å². The van der Waals surface area contributed by atoms with Crippen LogP contribution in [0, 0.1) is 18.6 Å². The molecule has 1 saturated heterocycles. The van der Waals surface area contributed by atoms with Gasteiger partial charge in [-0.25, -0.2) is 28.3 Å². The largest absolute Gasteiger partial charge is 0.491 e. The number of hydrogen-bond acceptors (Lipinski definition) is 8. The quantitative estimate of drug-likeness (QED) is 0.210. The summed E-state index contributed by atoms with van der Waals surface area (Å²) in [5, 5.41) is 5.10. The van der Waals surface area contributed by atoms with Crippen LogP contribution >= 0.6 is 0 Å². The number of piperazine rings is 1. The second kappa shape index (κ2) is 13.1. The first-order valence-electron chi connectivity index (χ1n) is 14.8. The van der Waals surface area contributed by atoms with Crippen molar-refractivity contribution >= 4 is 35.4 Å². The summed E-state index contributed by atoms with van der Waals surface area (Å²) in [4.78, 5) is 52.7. The summed E-state index contributed by atoms with van der Waals surface area (Å²) in [5.41, 5.74) is -1.10. The molecule has 16 heteroatoms. The summed E-state index contributed by atoms with van der Waals surface area (Å²) in [6.07, 6.45) is -5.42. The van der Waals surface area contributed by atoms with Crippen molar-refractivity contribution in [1.82, 2.24) is 25.5 Å². The zero-order valence-corrected chi connectivity index (χ0v) is 26.0. The van der Waals surface area contributed by atoms with Crippen LogP contribution in [0.4, 0.5) is 44.2 Å². The van der Waals surface area contributed by atoms with Crippen LogP contribution in [0.5, 0.6) is 5.75 Å². The van der Waals surface area contributed by atoms with Gasteiger partial charge in [0.05, 0.1) is 17.8 Å². The molecule has 5 rings (SSSR count). The number of alkyl halides is 3. The number of ether oxygens (including phenoxy) is 1. The molecule has 0 spiro atoms. The molecule has 0 atom stereocenters. The maximum absolute atomic E-state index is 15.2. The first kappa shape index (κ1) is 33.5. The maximum atomic E-state index is 15.2. The fourth-order valence-corrected chi connectivity index (χ4v) is 5.42. The van der Waals surface area contributed by atoms with E-state index in [1.807, 2.05) is 6.92 Å². The Kier molecular flexibility index (Phi) is 9.34. The number of amides is 3. The predicted molar refractivity (Wildman–Crippen MR) is 162 cm³/mol. The summed E-state index contributed by atoms with van der Waals surface area (Å²) in [5.74, 6) is -6.51. The SMILES string of the molecule is CCN1CCN(c2nc(-c3c(C)ccc(C(=O)NC(C)C)c3OC(=O)C(F)(F)F)c3c(n2)N(c2c(F)cccc2F)C(=O)NC3)CC1. The number of anilines is 3. The zero-order chi connectivity index (χ0) is 34.2. The Morgan fingerprint density at radius 2 is 1.70 bits per heavy atom. The molecule has 250 valence electrons. The van der Waals surface area contributed by atoms with Gasteiger partial charge in [0, 0.05) is 43.3 Å². The molecule has 0 radical (unpaired) electrons. The van der Waals surface area contributed by atoms with Crippen LogP contribution < -0.4 is 25.2 Å². The van der Waals surface area contributed by atoms with Gasteiger partial charge in [0.1, 0.15) is 17.3 Å². The van der Waals surface area contributed by atoms with E-state index in [0.29, 0.717) is 31.1 Å². The summed E-state index contributed by atoms with van der Waals surface area (Å²) in [6.45, 7) is 9.30. The second-order valence-electron chi connectivity index (χ2n) is 11.3. The number of benzene rings is 2. The fourth-order valence-electron chi connectivity index (χ4n) is 5.42. The molecule has 1 aromatic heterocycles. The minimum Gasteiger partial charge on any atom is -0.418 e. The number of likely N-dealkylation sites (N-methyl/N-ethyl adjacent to an activating group) is 1. The van der Waals surface area contributed by atoms with Crippen LogP contribution in [0.15, 0.2) is 30.3 Å². The summed E-state index contributed by atoms with van der Waals surface area (Å²) in [7, 11) is 0. The number of aromatic nitrogens is 2. The Labute approximate surface area is 266 Å². The van der Waals surface area contributed by atoms with Gasteiger partial charge in [-0.3, -0.25) is 4.79 Å². The van der Waals surface area contributed by atoms with Crippen molar-refractivity contribution in [2.24, 2.45) is 0 Å². The van der Waals surface area contributed by atoms with Gasteiger partial charge in [-0.1, -0.05) is 19.1 Å². The van der Waals surface area contributed by atoms with Crippen molar-refractivity contribution < 1.29 is 41.1 Å². The van der Waals surface area contributed by atoms with E-state index < -0.39 is 53.2 Å². The van der Waals surface area contributed by atoms with Gasteiger partial charge in [-0.05, 0) is 51.1 Å². The normalized spacial score (nSPS) is 15.4. The van der Waals surface area contributed by atoms with Crippen molar-refractivity contribution in [3.05, 3.63) is 58.7 Å². The van der Waals surface area contributed by atoms with Crippen LogP contribution in [0.2, 0.25) is 0 Å². The van der Waals surface area contributed by atoms with Crippen molar-refractivity contribution in [3.8, 4) is 17.0 Å². The first-order valence-corrected chi connectivity index (χ1v) is 14.8. The maximum Gasteiger partial charge on any atom is 0.491 e. The molecule has 2 aromatic carbocycles. The highest BCUT2D eigenvalue weighted by Gasteiger charge is 2.43. The number of carbonyl (C=O) groups excluding carboxylic acids is 3. The molecular formula is C31H32F5N7O4. The monoisotopic (exact) mass is 661 g/mol. The molecule has 47 heavy (non-hydrogen) atoms. The summed E-state index contributed by atoms with van der Waals surface area (Å²) in [6, 6.07) is 4.36. The number of nitrogens with one attached hydrogen (secondary N) is 2. The molecule has 0 unspecified atom stereocenters. The Morgan fingerprint density at radius 3 is 2.30 bits per heavy atom. The molecule has 11 nitrogen and oxygen atoms in total. The van der Waals surface area contributed by atoms with Gasteiger partial charge >= 0.3 is 18.2 Å². The lowest BCUT2D eigenvalue weighted by Gasteiger charge is -2.36. The van der Waals surface area contributed by atoms with Crippen molar-refractivity contribution in [3.63, 3.8) is 0 Å². The lowest BCUT2D eigenvalue weighted by Crippen LogP contribution is -2.47. The first-order chi connectivity index (χ1) is 22.2. The van der Waals surface area contributed by atoms with Gasteiger partial charge in [0.15, 0.2) is 11.6 Å². The molecule has 0 aliphatic carbocycles. The van der Waals surface area contributed by atoms with Gasteiger partial charge in [0.25, 0.3) is 5.91 Å². The topological polar surface area (TPSA) is 120 Å². The highest BCUT2D eigenvalue weighted by Crippen LogP contribution is 2.44. The van der Waals surface area contributed by atoms with Gasteiger partial charge in [0.2, 0.25) is 5.95 Å². The molecule has 2 aliphatic rings. The number of halogens is 5. The van der Waals surface area contributed by atoms with Crippen LogP contribution in [0.1, 0.15) is 42.3 Å². The average Bonchev–Trinajstić information content (AvgIpc) is 3.01. The predicted octanol–water partition coefficient (Wildman–Crippen LogP) is 4.84. The van der Waals surface area contributed by atoms with E-state index in [1.165, 1.54) is 19.1 Å². The van der Waals surface area contributed by atoms with Crippen LogP contribution in [0.25, 0.3) is 11.3 Å². The number of rotatable bonds is 7. The molecule has 1 fully saturated rings. The molecule has 0 saturated carbocycles. The highest BCUT2D eigenvalue weighted by atomic mass is 19.4. The number of nitrogens with zero attached hydrogens (tertiary/aromatic N) is 5. The van der Waals surface area contributed by atoms with E-state index >= 15 is 8.78 Å². The summed E-state index contributed by atoms with van der Waals surface area (Å²) >= 11 is 0. The minimum absolute atomic E-state index is 0.00971. The fraction of sp³-hybridized carbons (Fsp3) is 0.387. The van der Waals surface area contributed by atoms with Crippen LogP contribution in [0.3, 0.4) is 0 Å². The third kappa shape index (κ3) is 6.68. The average molecular weight is 662 g/mol. The molecule has 3 aromatic rings. The number of aryl methyl sites for hydroxylation is 1. The molecular weight excluding hydrogens is 629 g/mol. The molecule has 2 N–H and O–H groups in total. The van der Waals surface area contributed by atoms with Crippen molar-refractivity contribution in [2.45, 2.75) is 46.5 Å². The summed E-state index contributed by atoms with van der Waals surface area (Å²) < 4.78 is 76.0. The standard InChI is InChI=1S/C31H32F5N7O4/c1-5-41-11-13-42(14-12-41)29-39-23(19-15-37-30(46)43(26(19)40-29)24-20(32)7-6-8-21(24)33)22-17(4)9-10-18(27(44)38-16(2)3)25(22)47-28(45)31(34,35)36/h6-10,16H,5,11-15H2,1-4H3,(H,37,46)(H,38,44). The van der Waals surface area contributed by atoms with Crippen LogP contribution in [-0.4, -0.2) is 77.7 Å². The van der Waals surface area contributed by atoms with Gasteiger partial charge in [-0.2, -0.15) is 18.2 Å². The number of hydrogen-bond donors (Lipinski definition) is 2. The Balaban J connectivity index is 1.82. The Hall–Kier alpha value is -4.86. The smallest absolute Gasteiger partial charge is 0.418 e.